The number of nitrogens with zero attached hydrogens (tertiary/aromatic N) is 1. The predicted octanol–water partition coefficient (Wildman–Crippen LogP) is 2.05. The number of likely N-dealkylation sites (tertiary alicyclic amines) is 1. The summed E-state index contributed by atoms with van der Waals surface area (Å²) in [6.45, 7) is 2.29. The molecule has 2 saturated carbocycles. The average Bonchev–Trinajstić information content (AvgIpc) is 3.27. The minimum absolute atomic E-state index is 0.149. The third-order valence-electron chi connectivity index (χ3n) is 5.77. The van der Waals surface area contributed by atoms with Crippen LogP contribution in [0.5, 0.6) is 5.75 Å². The number of carbonyl (C=O) groups excluding carboxylic acids is 3. The van der Waals surface area contributed by atoms with Crippen molar-refractivity contribution in [2.45, 2.75) is 26.2 Å². The quantitative estimate of drug-likeness (QED) is 0.831. The summed E-state index contributed by atoms with van der Waals surface area (Å²) >= 11 is 0. The van der Waals surface area contributed by atoms with E-state index < -0.39 is 0 Å². The fourth-order valence-corrected chi connectivity index (χ4v) is 4.77. The van der Waals surface area contributed by atoms with E-state index in [4.69, 9.17) is 4.74 Å². The van der Waals surface area contributed by atoms with Crippen molar-refractivity contribution >= 4 is 23.4 Å². The highest BCUT2D eigenvalue weighted by Gasteiger charge is 2.60. The molecular formula is C19H22N2O4. The van der Waals surface area contributed by atoms with Crippen molar-refractivity contribution in [2.75, 3.05) is 18.5 Å². The second-order valence-corrected chi connectivity index (χ2v) is 7.15. The number of benzene rings is 1. The lowest BCUT2D eigenvalue weighted by molar-refractivity contribution is -0.143. The highest BCUT2D eigenvalue weighted by Crippen LogP contribution is 2.56. The van der Waals surface area contributed by atoms with Crippen molar-refractivity contribution in [1.82, 2.24) is 4.90 Å². The van der Waals surface area contributed by atoms with E-state index in [1.165, 1.54) is 4.90 Å². The summed E-state index contributed by atoms with van der Waals surface area (Å²) in [5.74, 6) is 0.408. The molecule has 2 bridgehead atoms. The number of nitrogens with one attached hydrogen (secondary N) is 1. The Labute approximate surface area is 146 Å². The zero-order valence-electron chi connectivity index (χ0n) is 14.2. The first-order chi connectivity index (χ1) is 12.1. The van der Waals surface area contributed by atoms with E-state index in [1.54, 1.807) is 24.3 Å². The maximum Gasteiger partial charge on any atom is 0.244 e. The van der Waals surface area contributed by atoms with Crippen LogP contribution in [0.3, 0.4) is 0 Å². The molecule has 0 radical (unpaired) electrons. The molecule has 0 spiro atoms. The van der Waals surface area contributed by atoms with Gasteiger partial charge in [-0.15, -0.1) is 0 Å². The third-order valence-corrected chi connectivity index (χ3v) is 5.77. The Morgan fingerprint density at radius 3 is 2.28 bits per heavy atom. The Morgan fingerprint density at radius 2 is 1.72 bits per heavy atom. The van der Waals surface area contributed by atoms with Gasteiger partial charge in [0.25, 0.3) is 0 Å². The average molecular weight is 342 g/mol. The largest absolute Gasteiger partial charge is 0.494 e. The van der Waals surface area contributed by atoms with Gasteiger partial charge < -0.3 is 10.1 Å². The normalized spacial score (nSPS) is 29.9. The molecule has 1 aromatic rings. The van der Waals surface area contributed by atoms with Gasteiger partial charge in [-0.05, 0) is 62.3 Å². The van der Waals surface area contributed by atoms with Crippen molar-refractivity contribution in [3.05, 3.63) is 24.3 Å². The fraction of sp³-hybridized carbons (Fsp3) is 0.526. The van der Waals surface area contributed by atoms with Crippen LogP contribution < -0.4 is 10.1 Å². The number of hydrogen-bond donors (Lipinski definition) is 1. The topological polar surface area (TPSA) is 75.7 Å². The van der Waals surface area contributed by atoms with E-state index in [-0.39, 0.29) is 36.1 Å². The molecule has 3 fully saturated rings. The van der Waals surface area contributed by atoms with Crippen LogP contribution in [0.2, 0.25) is 0 Å². The first-order valence-corrected chi connectivity index (χ1v) is 8.96. The van der Waals surface area contributed by atoms with E-state index in [2.05, 4.69) is 5.32 Å². The molecule has 0 unspecified atom stereocenters. The molecule has 6 nitrogen and oxygen atoms in total. The zero-order valence-corrected chi connectivity index (χ0v) is 14.2. The van der Waals surface area contributed by atoms with Crippen LogP contribution in [-0.2, 0) is 14.4 Å². The highest BCUT2D eigenvalue weighted by atomic mass is 16.5. The number of imide groups is 1. The molecule has 2 aliphatic carbocycles. The fourth-order valence-electron chi connectivity index (χ4n) is 4.77. The number of amides is 3. The molecule has 1 N–H and O–H groups in total. The van der Waals surface area contributed by atoms with Gasteiger partial charge in [-0.25, -0.2) is 0 Å². The van der Waals surface area contributed by atoms with Gasteiger partial charge >= 0.3 is 0 Å². The molecule has 25 heavy (non-hydrogen) atoms. The van der Waals surface area contributed by atoms with E-state index >= 15 is 0 Å². The summed E-state index contributed by atoms with van der Waals surface area (Å²) in [5.41, 5.74) is 0.618. The summed E-state index contributed by atoms with van der Waals surface area (Å²) in [7, 11) is 0. The minimum Gasteiger partial charge on any atom is -0.494 e. The summed E-state index contributed by atoms with van der Waals surface area (Å²) < 4.78 is 5.36. The highest BCUT2D eigenvalue weighted by molar-refractivity contribution is 6.09. The second kappa shape index (κ2) is 6.17. The Morgan fingerprint density at radius 1 is 1.12 bits per heavy atom. The van der Waals surface area contributed by atoms with Gasteiger partial charge in [0.15, 0.2) is 0 Å². The maximum atomic E-state index is 12.6. The maximum absolute atomic E-state index is 12.6. The van der Waals surface area contributed by atoms with Crippen molar-refractivity contribution in [1.29, 1.82) is 0 Å². The Hall–Kier alpha value is -2.37. The number of ether oxygens (including phenoxy) is 1. The molecular weight excluding hydrogens is 320 g/mol. The lowest BCUT2D eigenvalue weighted by atomic mass is 9.81. The van der Waals surface area contributed by atoms with Crippen molar-refractivity contribution in [3.8, 4) is 5.75 Å². The monoisotopic (exact) mass is 342 g/mol. The molecule has 4 rings (SSSR count). The Kier molecular flexibility index (Phi) is 3.98. The summed E-state index contributed by atoms with van der Waals surface area (Å²) in [6, 6.07) is 7.03. The minimum atomic E-state index is -0.349. The number of carbonyl (C=O) groups is 3. The van der Waals surface area contributed by atoms with Gasteiger partial charge in [0.05, 0.1) is 18.4 Å². The Bertz CT molecular complexity index is 687. The molecule has 1 aromatic carbocycles. The summed E-state index contributed by atoms with van der Waals surface area (Å²) in [5, 5.41) is 2.74. The summed E-state index contributed by atoms with van der Waals surface area (Å²) in [6.07, 6.45) is 3.08. The van der Waals surface area contributed by atoms with Crippen LogP contribution in [-0.4, -0.2) is 35.8 Å². The van der Waals surface area contributed by atoms with Gasteiger partial charge in [-0.1, -0.05) is 0 Å². The van der Waals surface area contributed by atoms with E-state index in [1.807, 2.05) is 6.92 Å². The molecule has 3 aliphatic rings. The van der Waals surface area contributed by atoms with Crippen LogP contribution in [0.25, 0.3) is 0 Å². The second-order valence-electron chi connectivity index (χ2n) is 7.15. The van der Waals surface area contributed by atoms with Gasteiger partial charge in [0, 0.05) is 5.69 Å². The molecule has 1 heterocycles. The Balaban J connectivity index is 1.39. The molecule has 1 saturated heterocycles. The molecule has 6 heteroatoms. The van der Waals surface area contributed by atoms with Crippen LogP contribution in [0.1, 0.15) is 26.2 Å². The van der Waals surface area contributed by atoms with E-state index in [0.29, 0.717) is 24.1 Å². The molecule has 0 aromatic heterocycles. The smallest absolute Gasteiger partial charge is 0.244 e. The lowest BCUT2D eigenvalue weighted by Crippen LogP contribution is -2.39. The lowest BCUT2D eigenvalue weighted by Gasteiger charge is -2.19. The molecule has 1 aliphatic heterocycles. The standard InChI is InChI=1S/C19H22N2O4/c1-2-25-14-7-5-13(6-8-14)20-15(22)10-21-18(23)16-11-3-4-12(9-11)17(16)19(21)24/h5-8,11-12,16-17H,2-4,9-10H2,1H3,(H,20,22)/t11-,12-,16-,17-/m0/s1. The first kappa shape index (κ1) is 16.1. The first-order valence-electron chi connectivity index (χ1n) is 8.96. The van der Waals surface area contributed by atoms with Gasteiger partial charge in [0.2, 0.25) is 17.7 Å². The van der Waals surface area contributed by atoms with Crippen molar-refractivity contribution in [3.63, 3.8) is 0 Å². The number of fused-ring (bicyclic) bond motifs is 5. The van der Waals surface area contributed by atoms with Gasteiger partial charge in [0.1, 0.15) is 12.3 Å². The number of rotatable bonds is 5. The van der Waals surface area contributed by atoms with Crippen molar-refractivity contribution in [2.24, 2.45) is 23.7 Å². The van der Waals surface area contributed by atoms with Crippen molar-refractivity contribution < 1.29 is 19.1 Å². The van der Waals surface area contributed by atoms with Gasteiger partial charge in [-0.2, -0.15) is 0 Å². The van der Waals surface area contributed by atoms with Crippen LogP contribution >= 0.6 is 0 Å². The molecule has 132 valence electrons. The van der Waals surface area contributed by atoms with Crippen LogP contribution in [0.4, 0.5) is 5.69 Å². The van der Waals surface area contributed by atoms with Gasteiger partial charge in [-0.3, -0.25) is 19.3 Å². The number of hydrogen-bond acceptors (Lipinski definition) is 4. The van der Waals surface area contributed by atoms with E-state index in [9.17, 15) is 14.4 Å². The van der Waals surface area contributed by atoms with Crippen LogP contribution in [0, 0.1) is 23.7 Å². The number of anilines is 1. The molecule has 3 amide bonds. The van der Waals surface area contributed by atoms with Crippen LogP contribution in [0.15, 0.2) is 24.3 Å². The predicted molar refractivity (Wildman–Crippen MR) is 90.8 cm³/mol. The zero-order chi connectivity index (χ0) is 17.6. The third kappa shape index (κ3) is 2.69. The summed E-state index contributed by atoms with van der Waals surface area (Å²) in [4.78, 5) is 38.7. The SMILES string of the molecule is CCOc1ccc(NC(=O)CN2C(=O)[C@H]3[C@H]4CC[C@@H](C4)[C@@H]3C2=O)cc1. The van der Waals surface area contributed by atoms with E-state index in [0.717, 1.165) is 25.0 Å². The molecule has 4 atom stereocenters.